The van der Waals surface area contributed by atoms with Crippen molar-refractivity contribution in [2.45, 2.75) is 89.9 Å². The van der Waals surface area contributed by atoms with Crippen LogP contribution >= 0.6 is 11.8 Å². The Labute approximate surface area is 189 Å². The third-order valence-electron chi connectivity index (χ3n) is 9.76. The molecule has 2 N–H and O–H groups in total. The molecule has 0 unspecified atom stereocenters. The number of ketones is 1. The zero-order chi connectivity index (χ0) is 22.8. The second kappa shape index (κ2) is 7.72. The maximum atomic E-state index is 12.3. The lowest BCUT2D eigenvalue weighted by molar-refractivity contribution is -0.147. The van der Waals surface area contributed by atoms with Crippen LogP contribution in [0.4, 0.5) is 0 Å². The molecule has 172 valence electrons. The summed E-state index contributed by atoms with van der Waals surface area (Å²) in [6.07, 6.45) is 6.96. The van der Waals surface area contributed by atoms with E-state index in [4.69, 9.17) is 0 Å². The molecule has 6 heteroatoms. The summed E-state index contributed by atoms with van der Waals surface area (Å²) in [5, 5.41) is 21.1. The fourth-order valence-electron chi connectivity index (χ4n) is 8.10. The van der Waals surface area contributed by atoms with Gasteiger partial charge in [-0.05, 0) is 79.1 Å². The fraction of sp³-hybridized carbons (Fsp3) is 0.800. The molecule has 31 heavy (non-hydrogen) atoms. The number of carbonyl (C=O) groups excluding carboxylic acids is 2. The highest BCUT2D eigenvalue weighted by atomic mass is 32.2. The Morgan fingerprint density at radius 1 is 1.16 bits per heavy atom. The molecule has 0 bridgehead atoms. The van der Waals surface area contributed by atoms with Gasteiger partial charge in [0.1, 0.15) is 0 Å². The molecule has 4 rings (SSSR count). The smallest absolute Gasteiger partial charge is 0.303 e. The molecule has 4 aliphatic rings. The number of hydrogen-bond acceptors (Lipinski definition) is 5. The number of carboxylic acid groups (broad SMARTS) is 1. The van der Waals surface area contributed by atoms with Gasteiger partial charge in [0.2, 0.25) is 0 Å². The van der Waals surface area contributed by atoms with Gasteiger partial charge in [-0.25, -0.2) is 0 Å². The second-order valence-corrected chi connectivity index (χ2v) is 12.4. The van der Waals surface area contributed by atoms with Crippen molar-refractivity contribution in [3.8, 4) is 0 Å². The van der Waals surface area contributed by atoms with E-state index in [1.54, 1.807) is 6.92 Å². The van der Waals surface area contributed by atoms with Crippen LogP contribution in [0.5, 0.6) is 0 Å². The number of fused-ring (bicyclic) bond motifs is 5. The number of aliphatic carboxylic acids is 1. The maximum absolute atomic E-state index is 12.3. The van der Waals surface area contributed by atoms with E-state index in [9.17, 15) is 24.6 Å². The number of allylic oxidation sites excluding steroid dienone is 1. The first-order valence-electron chi connectivity index (χ1n) is 11.8. The Morgan fingerprint density at radius 2 is 1.84 bits per heavy atom. The summed E-state index contributed by atoms with van der Waals surface area (Å²) in [5.41, 5.74) is -0.0999. The first-order valence-corrected chi connectivity index (χ1v) is 12.7. The Bertz CT molecular complexity index is 836. The summed E-state index contributed by atoms with van der Waals surface area (Å²) in [5.74, 6) is 0.421. The van der Waals surface area contributed by atoms with E-state index in [2.05, 4.69) is 20.8 Å². The number of hydrogen-bond donors (Lipinski definition) is 2. The molecule has 0 amide bonds. The van der Waals surface area contributed by atoms with Crippen LogP contribution in [-0.2, 0) is 14.4 Å². The molecule has 3 fully saturated rings. The Hall–Kier alpha value is -1.14. The van der Waals surface area contributed by atoms with Crippen LogP contribution in [0.25, 0.3) is 0 Å². The molecule has 4 aliphatic carbocycles. The van der Waals surface area contributed by atoms with Crippen LogP contribution in [0.3, 0.4) is 0 Å². The van der Waals surface area contributed by atoms with Crippen LogP contribution < -0.4 is 0 Å². The molecule has 0 aliphatic heterocycles. The zero-order valence-electron chi connectivity index (χ0n) is 19.1. The molecule has 0 radical (unpaired) electrons. The van der Waals surface area contributed by atoms with Crippen LogP contribution in [0.15, 0.2) is 11.6 Å². The molecule has 0 aromatic rings. The van der Waals surface area contributed by atoms with Crippen molar-refractivity contribution in [2.24, 2.45) is 34.5 Å². The van der Waals surface area contributed by atoms with Crippen molar-refractivity contribution in [3.63, 3.8) is 0 Å². The third kappa shape index (κ3) is 3.43. The average molecular weight is 449 g/mol. The Kier molecular flexibility index (Phi) is 5.74. The molecule has 3 saturated carbocycles. The molecule has 0 aromatic heterocycles. The van der Waals surface area contributed by atoms with Crippen LogP contribution in [0.2, 0.25) is 0 Å². The molecule has 0 saturated heterocycles. The van der Waals surface area contributed by atoms with Crippen LogP contribution in [-0.4, -0.2) is 37.9 Å². The predicted octanol–water partition coefficient (Wildman–Crippen LogP) is 4.62. The topological polar surface area (TPSA) is 91.7 Å². The molecule has 5 nitrogen and oxygen atoms in total. The van der Waals surface area contributed by atoms with Gasteiger partial charge in [-0.3, -0.25) is 14.4 Å². The normalized spacial score (nSPS) is 46.5. The zero-order valence-corrected chi connectivity index (χ0v) is 20.0. The van der Waals surface area contributed by atoms with Gasteiger partial charge in [0.05, 0.1) is 5.60 Å². The minimum atomic E-state index is -0.963. The standard InChI is InChI=1S/C25H36O5S/c1-14-19-13-16(27)5-9-23(19,3)17-6-10-24(4)18(21(17)22(14)31-15(2)26)7-11-25(24,30)12-8-20(28)29/h13-14,17-18,21-22,30H,5-12H2,1-4H3,(H,28,29)/t14-,17+,18+,21-,22-,23-,24+,25-/m1/s1. The summed E-state index contributed by atoms with van der Waals surface area (Å²) in [6, 6.07) is 0. The van der Waals surface area contributed by atoms with Crippen molar-refractivity contribution >= 4 is 28.6 Å². The minimum absolute atomic E-state index is 0.0123. The number of carbonyl (C=O) groups is 3. The monoisotopic (exact) mass is 448 g/mol. The van der Waals surface area contributed by atoms with Crippen molar-refractivity contribution in [2.75, 3.05) is 0 Å². The van der Waals surface area contributed by atoms with Crippen molar-refractivity contribution in [3.05, 3.63) is 11.6 Å². The van der Waals surface area contributed by atoms with Gasteiger partial charge in [-0.1, -0.05) is 38.1 Å². The Morgan fingerprint density at radius 3 is 2.48 bits per heavy atom. The van der Waals surface area contributed by atoms with Gasteiger partial charge in [-0.2, -0.15) is 0 Å². The van der Waals surface area contributed by atoms with Gasteiger partial charge >= 0.3 is 5.97 Å². The van der Waals surface area contributed by atoms with E-state index < -0.39 is 11.6 Å². The molecule has 8 atom stereocenters. The van der Waals surface area contributed by atoms with E-state index in [1.165, 1.54) is 17.3 Å². The summed E-state index contributed by atoms with van der Waals surface area (Å²) in [7, 11) is 0. The highest BCUT2D eigenvalue weighted by Crippen LogP contribution is 2.70. The number of thioether (sulfide) groups is 1. The summed E-state index contributed by atoms with van der Waals surface area (Å²) >= 11 is 1.42. The molecule has 0 aromatic carbocycles. The summed E-state index contributed by atoms with van der Waals surface area (Å²) in [6.45, 7) is 8.29. The van der Waals surface area contributed by atoms with Gasteiger partial charge in [0.25, 0.3) is 0 Å². The number of rotatable bonds is 4. The summed E-state index contributed by atoms with van der Waals surface area (Å²) < 4.78 is 0. The third-order valence-corrected chi connectivity index (χ3v) is 11.1. The second-order valence-electron chi connectivity index (χ2n) is 11.1. The van der Waals surface area contributed by atoms with E-state index in [1.807, 2.05) is 6.08 Å². The average Bonchev–Trinajstić information content (AvgIpc) is 2.96. The van der Waals surface area contributed by atoms with Crippen molar-refractivity contribution < 1.29 is 24.6 Å². The van der Waals surface area contributed by atoms with Gasteiger partial charge in [0, 0.05) is 25.0 Å². The lowest BCUT2D eigenvalue weighted by Crippen LogP contribution is -2.59. The van der Waals surface area contributed by atoms with Gasteiger partial charge < -0.3 is 10.2 Å². The maximum Gasteiger partial charge on any atom is 0.303 e. The first-order chi connectivity index (χ1) is 14.4. The fourth-order valence-corrected chi connectivity index (χ4v) is 9.37. The van der Waals surface area contributed by atoms with Gasteiger partial charge in [0.15, 0.2) is 10.9 Å². The van der Waals surface area contributed by atoms with Crippen molar-refractivity contribution in [1.29, 1.82) is 0 Å². The lowest BCUT2D eigenvalue weighted by atomic mass is 9.44. The predicted molar refractivity (Wildman–Crippen MR) is 121 cm³/mol. The van der Waals surface area contributed by atoms with E-state index >= 15 is 0 Å². The number of carboxylic acids is 1. The minimum Gasteiger partial charge on any atom is -0.481 e. The van der Waals surface area contributed by atoms with Crippen molar-refractivity contribution in [1.82, 2.24) is 0 Å². The van der Waals surface area contributed by atoms with Crippen LogP contribution in [0, 0.1) is 34.5 Å². The van der Waals surface area contributed by atoms with E-state index in [0.29, 0.717) is 25.2 Å². The van der Waals surface area contributed by atoms with E-state index in [0.717, 1.165) is 25.7 Å². The highest BCUT2D eigenvalue weighted by molar-refractivity contribution is 8.14. The molecular weight excluding hydrogens is 412 g/mol. The summed E-state index contributed by atoms with van der Waals surface area (Å²) in [4.78, 5) is 35.8. The first kappa shape index (κ1) is 23.0. The van der Waals surface area contributed by atoms with Gasteiger partial charge in [-0.15, -0.1) is 0 Å². The molecule has 0 heterocycles. The molecule has 0 spiro atoms. The molecular formula is C25H36O5S. The highest BCUT2D eigenvalue weighted by Gasteiger charge is 2.66. The quantitative estimate of drug-likeness (QED) is 0.652. The van der Waals surface area contributed by atoms with E-state index in [-0.39, 0.29) is 51.2 Å². The lowest BCUT2D eigenvalue weighted by Gasteiger charge is -2.62. The largest absolute Gasteiger partial charge is 0.481 e. The Balaban J connectivity index is 1.75. The van der Waals surface area contributed by atoms with Crippen LogP contribution in [0.1, 0.15) is 79.1 Å². The number of aliphatic hydroxyl groups is 1. The SMILES string of the molecule is CC(=O)S[C@H]1[C@@H]2[C@H](CC[C@@]3(C)[C@H]2CC[C@@]3(O)CCC(=O)O)[C@@]2(C)CCC(=O)C=C2[C@H]1C.